The van der Waals surface area contributed by atoms with Crippen molar-refractivity contribution in [2.75, 3.05) is 13.2 Å². The minimum Gasteiger partial charge on any atom is -0.372 e. The summed E-state index contributed by atoms with van der Waals surface area (Å²) in [5.41, 5.74) is 1.58. The maximum Gasteiger partial charge on any atom is 0.411 e. The molecule has 1 aromatic rings. The van der Waals surface area contributed by atoms with E-state index in [0.717, 1.165) is 12.0 Å². The quantitative estimate of drug-likeness (QED) is 0.559. The lowest BCUT2D eigenvalue weighted by atomic mass is 9.99. The molecular formula is C15H19F3O2. The minimum atomic E-state index is -4.35. The molecule has 0 saturated heterocycles. The van der Waals surface area contributed by atoms with Gasteiger partial charge in [-0.05, 0) is 24.0 Å². The van der Waals surface area contributed by atoms with Gasteiger partial charge in [0.1, 0.15) is 6.61 Å². The Balaban J connectivity index is 2.47. The number of carbonyl (C=O) groups excluding carboxylic acids is 1. The highest BCUT2D eigenvalue weighted by molar-refractivity contribution is 5.96. The van der Waals surface area contributed by atoms with Crippen LogP contribution >= 0.6 is 0 Å². The smallest absolute Gasteiger partial charge is 0.372 e. The van der Waals surface area contributed by atoms with Crippen LogP contribution in [0.5, 0.6) is 0 Å². The van der Waals surface area contributed by atoms with E-state index < -0.39 is 12.8 Å². The number of carbonyl (C=O) groups is 1. The van der Waals surface area contributed by atoms with Gasteiger partial charge in [0.05, 0.1) is 6.61 Å². The van der Waals surface area contributed by atoms with E-state index in [2.05, 4.69) is 18.6 Å². The summed E-state index contributed by atoms with van der Waals surface area (Å²) in [6.07, 6.45) is -3.52. The number of hydrogen-bond acceptors (Lipinski definition) is 2. The number of ether oxygens (including phenoxy) is 1. The third-order valence-corrected chi connectivity index (χ3v) is 2.63. The summed E-state index contributed by atoms with van der Waals surface area (Å²) in [5, 5.41) is 0. The van der Waals surface area contributed by atoms with Crippen molar-refractivity contribution in [3.63, 3.8) is 0 Å². The topological polar surface area (TPSA) is 26.3 Å². The fraction of sp³-hybridized carbons (Fsp3) is 0.533. The third kappa shape index (κ3) is 6.70. The lowest BCUT2D eigenvalue weighted by Gasteiger charge is -2.08. The van der Waals surface area contributed by atoms with Crippen LogP contribution in [-0.4, -0.2) is 25.2 Å². The van der Waals surface area contributed by atoms with Crippen LogP contribution in [0, 0.1) is 5.92 Å². The summed E-state index contributed by atoms with van der Waals surface area (Å²) in [7, 11) is 0. The highest BCUT2D eigenvalue weighted by Gasteiger charge is 2.27. The van der Waals surface area contributed by atoms with Gasteiger partial charge in [0.15, 0.2) is 5.78 Å². The molecular weight excluding hydrogens is 269 g/mol. The Morgan fingerprint density at radius 3 is 2.60 bits per heavy atom. The van der Waals surface area contributed by atoms with Crippen molar-refractivity contribution in [3.05, 3.63) is 35.4 Å². The molecule has 0 aliphatic heterocycles. The van der Waals surface area contributed by atoms with E-state index in [1.807, 2.05) is 6.07 Å². The Hall–Kier alpha value is -1.36. The van der Waals surface area contributed by atoms with Crippen molar-refractivity contribution in [2.45, 2.75) is 32.9 Å². The van der Waals surface area contributed by atoms with Crippen LogP contribution in [0.2, 0.25) is 0 Å². The standard InChI is InChI=1S/C15H19F3O2/c1-11(2)8-12-4-3-5-13(9-12)14(19)6-7-20-10-15(16,17)18/h3-5,9,11H,6-8,10H2,1-2H3. The minimum absolute atomic E-state index is 0.0405. The predicted molar refractivity (Wildman–Crippen MR) is 70.8 cm³/mol. The van der Waals surface area contributed by atoms with Gasteiger partial charge in [-0.2, -0.15) is 13.2 Å². The molecule has 0 bridgehead atoms. The van der Waals surface area contributed by atoms with E-state index in [0.29, 0.717) is 11.5 Å². The van der Waals surface area contributed by atoms with Crippen LogP contribution in [0.15, 0.2) is 24.3 Å². The number of alkyl halides is 3. The maximum atomic E-state index is 11.9. The molecule has 112 valence electrons. The number of Topliss-reactive ketones (excluding diaryl/α,β-unsaturated/α-hetero) is 1. The normalized spacial score (nSPS) is 11.9. The fourth-order valence-corrected chi connectivity index (χ4v) is 1.84. The van der Waals surface area contributed by atoms with Crippen LogP contribution in [0.3, 0.4) is 0 Å². The molecule has 0 aliphatic rings. The molecule has 0 aliphatic carbocycles. The zero-order valence-corrected chi connectivity index (χ0v) is 11.7. The largest absolute Gasteiger partial charge is 0.411 e. The Morgan fingerprint density at radius 2 is 2.00 bits per heavy atom. The summed E-state index contributed by atoms with van der Waals surface area (Å²) in [4.78, 5) is 11.8. The third-order valence-electron chi connectivity index (χ3n) is 2.63. The van der Waals surface area contributed by atoms with Gasteiger partial charge >= 0.3 is 6.18 Å². The monoisotopic (exact) mass is 288 g/mol. The van der Waals surface area contributed by atoms with E-state index in [-0.39, 0.29) is 18.8 Å². The van der Waals surface area contributed by atoms with Crippen molar-refractivity contribution >= 4 is 5.78 Å². The van der Waals surface area contributed by atoms with E-state index in [1.54, 1.807) is 18.2 Å². The Kier molecular flexibility index (Phi) is 6.20. The second-order valence-corrected chi connectivity index (χ2v) is 5.14. The molecule has 0 unspecified atom stereocenters. The predicted octanol–water partition coefficient (Wildman–Crippen LogP) is 4.04. The molecule has 0 spiro atoms. The van der Waals surface area contributed by atoms with E-state index in [4.69, 9.17) is 0 Å². The van der Waals surface area contributed by atoms with Crippen molar-refractivity contribution in [2.24, 2.45) is 5.92 Å². The molecule has 5 heteroatoms. The number of ketones is 1. The fourth-order valence-electron chi connectivity index (χ4n) is 1.84. The second-order valence-electron chi connectivity index (χ2n) is 5.14. The number of rotatable bonds is 7. The van der Waals surface area contributed by atoms with Gasteiger partial charge in [-0.1, -0.05) is 32.0 Å². The van der Waals surface area contributed by atoms with Crippen LogP contribution in [0.4, 0.5) is 13.2 Å². The molecule has 0 radical (unpaired) electrons. The number of halogens is 3. The molecule has 0 amide bonds. The summed E-state index contributed by atoms with van der Waals surface area (Å²) >= 11 is 0. The molecule has 0 fully saturated rings. The van der Waals surface area contributed by atoms with Crippen LogP contribution in [-0.2, 0) is 11.2 Å². The first-order chi connectivity index (χ1) is 9.28. The van der Waals surface area contributed by atoms with Gasteiger partial charge in [0.25, 0.3) is 0 Å². The van der Waals surface area contributed by atoms with Crippen molar-refractivity contribution in [1.29, 1.82) is 0 Å². The second kappa shape index (κ2) is 7.43. The SMILES string of the molecule is CC(C)Cc1cccc(C(=O)CCOCC(F)(F)F)c1. The van der Waals surface area contributed by atoms with Gasteiger partial charge in [0, 0.05) is 12.0 Å². The Labute approximate surface area is 116 Å². The molecule has 20 heavy (non-hydrogen) atoms. The van der Waals surface area contributed by atoms with Crippen LogP contribution < -0.4 is 0 Å². The van der Waals surface area contributed by atoms with Gasteiger partial charge in [-0.25, -0.2) is 0 Å². The Bertz CT molecular complexity index is 439. The van der Waals surface area contributed by atoms with E-state index in [1.165, 1.54) is 0 Å². The molecule has 1 rings (SSSR count). The summed E-state index contributed by atoms with van der Waals surface area (Å²) in [5.74, 6) is 0.285. The van der Waals surface area contributed by atoms with Gasteiger partial charge in [-0.15, -0.1) is 0 Å². The van der Waals surface area contributed by atoms with Gasteiger partial charge in [-0.3, -0.25) is 4.79 Å². The van der Waals surface area contributed by atoms with Crippen LogP contribution in [0.1, 0.15) is 36.2 Å². The molecule has 0 N–H and O–H groups in total. The average molecular weight is 288 g/mol. The molecule has 2 nitrogen and oxygen atoms in total. The van der Waals surface area contributed by atoms with Crippen molar-refractivity contribution < 1.29 is 22.7 Å². The molecule has 0 aromatic heterocycles. The van der Waals surface area contributed by atoms with Crippen LogP contribution in [0.25, 0.3) is 0 Å². The van der Waals surface area contributed by atoms with E-state index >= 15 is 0 Å². The van der Waals surface area contributed by atoms with Gasteiger partial charge in [0.2, 0.25) is 0 Å². The average Bonchev–Trinajstić information content (AvgIpc) is 2.32. The first-order valence-corrected chi connectivity index (χ1v) is 6.54. The Morgan fingerprint density at radius 1 is 1.30 bits per heavy atom. The summed E-state index contributed by atoms with van der Waals surface area (Å²) in [6, 6.07) is 7.21. The van der Waals surface area contributed by atoms with Crippen molar-refractivity contribution in [1.82, 2.24) is 0 Å². The lowest BCUT2D eigenvalue weighted by Crippen LogP contribution is -2.18. The maximum absolute atomic E-state index is 11.9. The lowest BCUT2D eigenvalue weighted by molar-refractivity contribution is -0.173. The zero-order chi connectivity index (χ0) is 15.2. The van der Waals surface area contributed by atoms with E-state index in [9.17, 15) is 18.0 Å². The highest BCUT2D eigenvalue weighted by Crippen LogP contribution is 2.15. The first kappa shape index (κ1) is 16.7. The van der Waals surface area contributed by atoms with Gasteiger partial charge < -0.3 is 4.74 Å². The molecule has 0 heterocycles. The molecule has 0 atom stereocenters. The summed E-state index contributed by atoms with van der Waals surface area (Å²) in [6.45, 7) is 2.64. The number of hydrogen-bond donors (Lipinski definition) is 0. The first-order valence-electron chi connectivity index (χ1n) is 6.54. The zero-order valence-electron chi connectivity index (χ0n) is 11.7. The highest BCUT2D eigenvalue weighted by atomic mass is 19.4. The number of benzene rings is 1. The summed E-state index contributed by atoms with van der Waals surface area (Å²) < 4.78 is 40.0. The molecule has 0 saturated carbocycles. The molecule has 1 aromatic carbocycles. The van der Waals surface area contributed by atoms with Crippen molar-refractivity contribution in [3.8, 4) is 0 Å².